The molecule has 0 radical (unpaired) electrons. The van der Waals surface area contributed by atoms with Crippen LogP contribution < -0.4 is 15.8 Å². The summed E-state index contributed by atoms with van der Waals surface area (Å²) in [7, 11) is 2.10. The molecule has 1 aliphatic heterocycles. The molecular weight excluding hydrogens is 542 g/mol. The average molecular weight is 592 g/mol. The summed E-state index contributed by atoms with van der Waals surface area (Å²) in [4.78, 5) is 36.1. The normalized spacial score (nSPS) is 19.1. The van der Waals surface area contributed by atoms with E-state index in [0.717, 1.165) is 86.6 Å². The van der Waals surface area contributed by atoms with Crippen molar-refractivity contribution in [3.8, 4) is 11.8 Å². The molecule has 0 atom stereocenters. The van der Waals surface area contributed by atoms with Gasteiger partial charge in [0.25, 0.3) is 11.5 Å². The van der Waals surface area contributed by atoms with Gasteiger partial charge in [-0.05, 0) is 89.8 Å². The van der Waals surface area contributed by atoms with Crippen molar-refractivity contribution in [2.45, 2.75) is 72.0 Å². The highest BCUT2D eigenvalue weighted by Gasteiger charge is 2.29. The number of aliphatic hydroxyl groups is 1. The molecule has 1 saturated carbocycles. The van der Waals surface area contributed by atoms with Gasteiger partial charge in [-0.15, -0.1) is 0 Å². The van der Waals surface area contributed by atoms with E-state index in [2.05, 4.69) is 56.9 Å². The Bertz CT molecular complexity index is 1360. The van der Waals surface area contributed by atoms with Crippen LogP contribution in [-0.2, 0) is 11.3 Å². The number of pyridine rings is 1. The van der Waals surface area contributed by atoms with Gasteiger partial charge < -0.3 is 29.9 Å². The number of morpholine rings is 1. The second-order valence-electron chi connectivity index (χ2n) is 11.9. The molecule has 234 valence electrons. The summed E-state index contributed by atoms with van der Waals surface area (Å²) in [5, 5.41) is 12.4. The highest BCUT2D eigenvalue weighted by atomic mass is 16.5. The molecule has 1 amide bonds. The largest absolute Gasteiger partial charge is 0.395 e. The number of nitrogens with one attached hydrogen (secondary N) is 2. The van der Waals surface area contributed by atoms with Gasteiger partial charge in [-0.25, -0.2) is 0 Å². The summed E-state index contributed by atoms with van der Waals surface area (Å²) >= 11 is 0. The Morgan fingerprint density at radius 2 is 1.81 bits per heavy atom. The number of nitrogens with zero attached hydrogens (tertiary/aromatic N) is 3. The minimum absolute atomic E-state index is 0.158. The predicted octanol–water partition coefficient (Wildman–Crippen LogP) is 2.98. The number of aryl methyl sites for hydroxylation is 2. The van der Waals surface area contributed by atoms with Gasteiger partial charge in [-0.2, -0.15) is 0 Å². The van der Waals surface area contributed by atoms with Gasteiger partial charge in [-0.1, -0.05) is 11.8 Å². The highest BCUT2D eigenvalue weighted by molar-refractivity contribution is 5.97. The third kappa shape index (κ3) is 8.48. The number of carbonyl (C=O) groups excluding carboxylic acids is 1. The number of ether oxygens (including phenoxy) is 1. The minimum atomic E-state index is -0.208. The molecule has 0 bridgehead atoms. The van der Waals surface area contributed by atoms with E-state index >= 15 is 0 Å². The van der Waals surface area contributed by atoms with E-state index in [1.807, 2.05) is 32.9 Å². The average Bonchev–Trinajstić information content (AvgIpc) is 2.99. The van der Waals surface area contributed by atoms with E-state index in [1.165, 1.54) is 0 Å². The number of rotatable bonds is 10. The van der Waals surface area contributed by atoms with Gasteiger partial charge in [0, 0.05) is 72.9 Å². The molecule has 1 aromatic carbocycles. The third-order valence-corrected chi connectivity index (χ3v) is 9.02. The molecular formula is C34H49N5O4. The van der Waals surface area contributed by atoms with Gasteiger partial charge in [0.2, 0.25) is 0 Å². The van der Waals surface area contributed by atoms with Crippen LogP contribution in [0.5, 0.6) is 0 Å². The maximum absolute atomic E-state index is 13.7. The van der Waals surface area contributed by atoms with Crippen LogP contribution in [0.25, 0.3) is 0 Å². The van der Waals surface area contributed by atoms with Crippen LogP contribution in [-0.4, -0.2) is 97.5 Å². The molecule has 0 spiro atoms. The lowest BCUT2D eigenvalue weighted by molar-refractivity contribution is 0.0443. The molecule has 1 aromatic heterocycles. The van der Waals surface area contributed by atoms with Crippen molar-refractivity contribution >= 4 is 11.6 Å². The number of aromatic amines is 1. The second-order valence-corrected chi connectivity index (χ2v) is 11.9. The van der Waals surface area contributed by atoms with Crippen molar-refractivity contribution in [2.24, 2.45) is 0 Å². The number of amides is 1. The summed E-state index contributed by atoms with van der Waals surface area (Å²) in [6.45, 7) is 13.7. The summed E-state index contributed by atoms with van der Waals surface area (Å²) in [5.74, 6) is 6.47. The van der Waals surface area contributed by atoms with E-state index < -0.39 is 0 Å². The lowest BCUT2D eigenvalue weighted by Crippen LogP contribution is -2.44. The lowest BCUT2D eigenvalue weighted by Gasteiger charge is -2.41. The number of H-pyrrole nitrogens is 1. The van der Waals surface area contributed by atoms with Crippen molar-refractivity contribution in [1.82, 2.24) is 20.1 Å². The molecule has 2 heterocycles. The Kier molecular flexibility index (Phi) is 11.8. The first kappa shape index (κ1) is 32.7. The van der Waals surface area contributed by atoms with E-state index in [1.54, 1.807) is 0 Å². The molecule has 4 rings (SSSR count). The fourth-order valence-electron chi connectivity index (χ4n) is 6.46. The summed E-state index contributed by atoms with van der Waals surface area (Å²) in [5.41, 5.74) is 5.43. The van der Waals surface area contributed by atoms with Crippen molar-refractivity contribution in [3.05, 3.63) is 62.1 Å². The fraction of sp³-hybridized carbons (Fsp3) is 0.588. The van der Waals surface area contributed by atoms with Crippen LogP contribution in [0, 0.1) is 32.6 Å². The smallest absolute Gasteiger partial charge is 0.253 e. The first-order chi connectivity index (χ1) is 20.7. The number of aromatic nitrogens is 1. The molecule has 9 heteroatoms. The zero-order chi connectivity index (χ0) is 30.9. The van der Waals surface area contributed by atoms with Gasteiger partial charge in [-0.3, -0.25) is 14.5 Å². The van der Waals surface area contributed by atoms with Crippen LogP contribution in [0.2, 0.25) is 0 Å². The standard InChI is InChI=1S/C34H49N5O4/c1-6-39(29-11-9-28(10-12-29)37(5)14-17-40)32-22-27(8-7-13-38-15-18-43-19-16-38)21-30(26(32)4)33(41)35-23-31-24(2)20-25(3)36-34(31)42/h20-22,28-29,40H,6,9-19,23H2,1-5H3,(H,35,41)(H,36,42)/t28-,29-. The second kappa shape index (κ2) is 15.5. The predicted molar refractivity (Wildman–Crippen MR) is 172 cm³/mol. The molecule has 1 aliphatic carbocycles. The van der Waals surface area contributed by atoms with Crippen LogP contribution in [0.3, 0.4) is 0 Å². The molecule has 3 N–H and O–H groups in total. The van der Waals surface area contributed by atoms with Gasteiger partial charge in [0.1, 0.15) is 0 Å². The van der Waals surface area contributed by atoms with E-state index in [4.69, 9.17) is 4.74 Å². The van der Waals surface area contributed by atoms with Crippen molar-refractivity contribution in [1.29, 1.82) is 0 Å². The highest BCUT2D eigenvalue weighted by Crippen LogP contribution is 2.33. The number of hydrogen-bond donors (Lipinski definition) is 3. The molecule has 1 saturated heterocycles. The minimum Gasteiger partial charge on any atom is -0.395 e. The van der Waals surface area contributed by atoms with Crippen molar-refractivity contribution < 1.29 is 14.6 Å². The first-order valence-electron chi connectivity index (χ1n) is 15.7. The number of carbonyl (C=O) groups is 1. The topological polar surface area (TPSA) is 101 Å². The van der Waals surface area contributed by atoms with Crippen LogP contribution in [0.1, 0.15) is 70.9 Å². The van der Waals surface area contributed by atoms with E-state index in [-0.39, 0.29) is 24.6 Å². The number of likely N-dealkylation sites (N-methyl/N-ethyl adjacent to an activating group) is 1. The maximum atomic E-state index is 13.7. The summed E-state index contributed by atoms with van der Waals surface area (Å²) in [6.07, 6.45) is 4.26. The SMILES string of the molecule is CCN(c1cc(C#CCN2CCOCC2)cc(C(=O)NCc2c(C)cc(C)[nH]c2=O)c1C)[C@H]1CC[C@H](N(C)CCO)CC1. The monoisotopic (exact) mass is 591 g/mol. The number of benzene rings is 1. The van der Waals surface area contributed by atoms with Crippen LogP contribution in [0.15, 0.2) is 23.0 Å². The molecule has 2 fully saturated rings. The van der Waals surface area contributed by atoms with Crippen LogP contribution >= 0.6 is 0 Å². The van der Waals surface area contributed by atoms with E-state index in [9.17, 15) is 14.7 Å². The third-order valence-electron chi connectivity index (χ3n) is 9.02. The van der Waals surface area contributed by atoms with Gasteiger partial charge >= 0.3 is 0 Å². The number of anilines is 1. The van der Waals surface area contributed by atoms with Crippen molar-refractivity contribution in [3.63, 3.8) is 0 Å². The quantitative estimate of drug-likeness (QED) is 0.366. The Morgan fingerprint density at radius 3 is 2.47 bits per heavy atom. The fourth-order valence-corrected chi connectivity index (χ4v) is 6.46. The molecule has 9 nitrogen and oxygen atoms in total. The molecule has 43 heavy (non-hydrogen) atoms. The van der Waals surface area contributed by atoms with Crippen LogP contribution in [0.4, 0.5) is 5.69 Å². The van der Waals surface area contributed by atoms with Gasteiger partial charge in [0.15, 0.2) is 0 Å². The summed E-state index contributed by atoms with van der Waals surface area (Å²) in [6, 6.07) is 6.80. The Hall–Kier alpha value is -3.16. The van der Waals surface area contributed by atoms with E-state index in [0.29, 0.717) is 36.3 Å². The molecule has 0 unspecified atom stereocenters. The van der Waals surface area contributed by atoms with Crippen molar-refractivity contribution in [2.75, 3.05) is 64.5 Å². The zero-order valence-corrected chi connectivity index (χ0v) is 26.6. The maximum Gasteiger partial charge on any atom is 0.253 e. The Labute approximate surface area is 256 Å². The Balaban J connectivity index is 1.60. The van der Waals surface area contributed by atoms with Gasteiger partial charge in [0.05, 0.1) is 26.4 Å². The zero-order valence-electron chi connectivity index (χ0n) is 26.6. The molecule has 2 aliphatic rings. The summed E-state index contributed by atoms with van der Waals surface area (Å²) < 4.78 is 5.46. The molecule has 2 aromatic rings. The number of aliphatic hydroxyl groups excluding tert-OH is 1. The first-order valence-corrected chi connectivity index (χ1v) is 15.7. The Morgan fingerprint density at radius 1 is 1.12 bits per heavy atom. The number of hydrogen-bond acceptors (Lipinski definition) is 7. The lowest BCUT2D eigenvalue weighted by atomic mass is 9.88.